The molecule has 8 nitrogen and oxygen atoms in total. The fourth-order valence-corrected chi connectivity index (χ4v) is 7.09. The van der Waals surface area contributed by atoms with Gasteiger partial charge in [-0.05, 0) is 56.8 Å². The number of amides is 3. The van der Waals surface area contributed by atoms with E-state index in [1.165, 1.54) is 90.5 Å². The number of piperazine rings is 1. The first kappa shape index (κ1) is 29.1. The van der Waals surface area contributed by atoms with E-state index < -0.39 is 6.04 Å². The van der Waals surface area contributed by atoms with Gasteiger partial charge in [0, 0.05) is 62.5 Å². The summed E-state index contributed by atoms with van der Waals surface area (Å²) in [6.07, 6.45) is 15.9. The molecule has 3 heterocycles. The lowest BCUT2D eigenvalue weighted by atomic mass is 9.94. The van der Waals surface area contributed by atoms with E-state index in [4.69, 9.17) is 0 Å². The Balaban J connectivity index is 0.957. The average Bonchev–Trinajstić information content (AvgIpc) is 3.11. The van der Waals surface area contributed by atoms with Crippen molar-refractivity contribution in [2.75, 3.05) is 51.1 Å². The Kier molecular flexibility index (Phi) is 10.5. The van der Waals surface area contributed by atoms with Crippen LogP contribution < -0.4 is 10.6 Å². The third-order valence-corrected chi connectivity index (χ3v) is 9.58. The number of imide groups is 1. The van der Waals surface area contributed by atoms with Crippen molar-refractivity contribution in [3.05, 3.63) is 29.3 Å². The molecule has 5 rings (SSSR count). The molecule has 0 spiro atoms. The maximum Gasteiger partial charge on any atom is 0.255 e. The topological polar surface area (TPSA) is 85.0 Å². The lowest BCUT2D eigenvalue weighted by molar-refractivity contribution is -0.136. The zero-order valence-electron chi connectivity index (χ0n) is 24.3. The van der Waals surface area contributed by atoms with Gasteiger partial charge in [0.2, 0.25) is 11.8 Å². The highest BCUT2D eigenvalue weighted by molar-refractivity contribution is 6.06. The SMILES string of the molecule is O=C1CCC(N2Cc3c(NCCCCN4CCN(CCCCC5CCCCCC5)CC4)cccc3C2=O)C(=O)N1. The van der Waals surface area contributed by atoms with Gasteiger partial charge >= 0.3 is 0 Å². The van der Waals surface area contributed by atoms with E-state index in [-0.39, 0.29) is 24.1 Å². The number of anilines is 1. The van der Waals surface area contributed by atoms with Crippen molar-refractivity contribution in [1.29, 1.82) is 0 Å². The van der Waals surface area contributed by atoms with Gasteiger partial charge in [0.05, 0.1) is 0 Å². The predicted octanol–water partition coefficient (Wildman–Crippen LogP) is 4.40. The molecule has 1 aliphatic carbocycles. The summed E-state index contributed by atoms with van der Waals surface area (Å²) in [5.41, 5.74) is 2.60. The number of nitrogens with zero attached hydrogens (tertiary/aromatic N) is 3. The standard InChI is InChI=1S/C32H49N5O3/c38-30-16-15-29(31(39)34-30)37-24-27-26(32(37)40)13-9-14-28(27)33-17-6-8-19-36-22-20-35(21-23-36)18-7-5-12-25-10-3-1-2-4-11-25/h9,13-14,25,29,33H,1-8,10-12,15-24H2,(H,34,38,39). The smallest absolute Gasteiger partial charge is 0.255 e. The van der Waals surface area contributed by atoms with Gasteiger partial charge in [0.25, 0.3) is 5.91 Å². The van der Waals surface area contributed by atoms with E-state index >= 15 is 0 Å². The number of benzene rings is 1. The maximum atomic E-state index is 13.0. The van der Waals surface area contributed by atoms with Crippen LogP contribution >= 0.6 is 0 Å². The average molecular weight is 552 g/mol. The monoisotopic (exact) mass is 551 g/mol. The fourth-order valence-electron chi connectivity index (χ4n) is 7.09. The van der Waals surface area contributed by atoms with Gasteiger partial charge in [-0.25, -0.2) is 0 Å². The number of carbonyl (C=O) groups is 3. The first-order chi connectivity index (χ1) is 19.6. The van der Waals surface area contributed by atoms with Gasteiger partial charge in [-0.15, -0.1) is 0 Å². The van der Waals surface area contributed by atoms with E-state index in [0.29, 0.717) is 18.5 Å². The van der Waals surface area contributed by atoms with E-state index in [0.717, 1.165) is 43.1 Å². The number of piperidine rings is 1. The molecule has 40 heavy (non-hydrogen) atoms. The Labute approximate surface area is 240 Å². The number of carbonyl (C=O) groups excluding carboxylic acids is 3. The Morgan fingerprint density at radius 1 is 0.825 bits per heavy atom. The minimum Gasteiger partial charge on any atom is -0.385 e. The number of fused-ring (bicyclic) bond motifs is 1. The second-order valence-electron chi connectivity index (χ2n) is 12.4. The van der Waals surface area contributed by atoms with Gasteiger partial charge in [0.15, 0.2) is 0 Å². The fraction of sp³-hybridized carbons (Fsp3) is 0.719. The lowest BCUT2D eigenvalue weighted by Gasteiger charge is -2.34. The van der Waals surface area contributed by atoms with Gasteiger partial charge in [-0.1, -0.05) is 57.4 Å². The van der Waals surface area contributed by atoms with Crippen molar-refractivity contribution in [2.45, 2.75) is 96.1 Å². The van der Waals surface area contributed by atoms with Crippen LogP contribution in [0.1, 0.15) is 99.4 Å². The minimum absolute atomic E-state index is 0.119. The molecule has 3 fully saturated rings. The summed E-state index contributed by atoms with van der Waals surface area (Å²) in [5.74, 6) is 0.265. The van der Waals surface area contributed by atoms with Crippen LogP contribution in [-0.2, 0) is 16.1 Å². The van der Waals surface area contributed by atoms with Crippen molar-refractivity contribution in [2.24, 2.45) is 5.92 Å². The highest BCUT2D eigenvalue weighted by Crippen LogP contribution is 2.32. The second-order valence-corrected chi connectivity index (χ2v) is 12.4. The second kappa shape index (κ2) is 14.4. The molecule has 1 aromatic carbocycles. The minimum atomic E-state index is -0.572. The third-order valence-electron chi connectivity index (χ3n) is 9.58. The highest BCUT2D eigenvalue weighted by Gasteiger charge is 2.39. The maximum absolute atomic E-state index is 13.0. The summed E-state index contributed by atoms with van der Waals surface area (Å²) >= 11 is 0. The number of rotatable bonds is 12. The Morgan fingerprint density at radius 2 is 1.52 bits per heavy atom. The molecule has 0 bridgehead atoms. The van der Waals surface area contributed by atoms with Crippen molar-refractivity contribution in [3.63, 3.8) is 0 Å². The van der Waals surface area contributed by atoms with Crippen molar-refractivity contribution >= 4 is 23.4 Å². The quantitative estimate of drug-likeness (QED) is 0.228. The van der Waals surface area contributed by atoms with E-state index in [1.807, 2.05) is 18.2 Å². The highest BCUT2D eigenvalue weighted by atomic mass is 16.2. The van der Waals surface area contributed by atoms with Crippen LogP contribution in [0, 0.1) is 5.92 Å². The molecule has 1 saturated carbocycles. The molecule has 4 aliphatic rings. The summed E-state index contributed by atoms with van der Waals surface area (Å²) in [5, 5.41) is 5.92. The number of nitrogens with one attached hydrogen (secondary N) is 2. The zero-order valence-corrected chi connectivity index (χ0v) is 24.3. The van der Waals surface area contributed by atoms with Gasteiger partial charge in [0.1, 0.15) is 6.04 Å². The van der Waals surface area contributed by atoms with Crippen LogP contribution in [-0.4, -0.2) is 84.3 Å². The first-order valence-electron chi connectivity index (χ1n) is 16.0. The molecule has 8 heteroatoms. The zero-order chi connectivity index (χ0) is 27.7. The molecule has 2 N–H and O–H groups in total. The Hall–Kier alpha value is -2.45. The van der Waals surface area contributed by atoms with Crippen LogP contribution in [0.3, 0.4) is 0 Å². The molecule has 1 unspecified atom stereocenters. The van der Waals surface area contributed by atoms with Crippen LogP contribution in [0.15, 0.2) is 18.2 Å². The van der Waals surface area contributed by atoms with Crippen molar-refractivity contribution in [1.82, 2.24) is 20.0 Å². The largest absolute Gasteiger partial charge is 0.385 e. The molecule has 0 radical (unpaired) electrons. The molecule has 1 aromatic rings. The molecule has 3 aliphatic heterocycles. The van der Waals surface area contributed by atoms with E-state index in [2.05, 4.69) is 20.4 Å². The van der Waals surface area contributed by atoms with Crippen LogP contribution in [0.25, 0.3) is 0 Å². The van der Waals surface area contributed by atoms with Gasteiger partial charge < -0.3 is 20.0 Å². The van der Waals surface area contributed by atoms with E-state index in [1.54, 1.807) is 4.90 Å². The number of hydrogen-bond donors (Lipinski definition) is 2. The van der Waals surface area contributed by atoms with Crippen molar-refractivity contribution < 1.29 is 14.4 Å². The van der Waals surface area contributed by atoms with Crippen LogP contribution in [0.5, 0.6) is 0 Å². The molecule has 2 saturated heterocycles. The number of unbranched alkanes of at least 4 members (excludes halogenated alkanes) is 2. The summed E-state index contributed by atoms with van der Waals surface area (Å²) < 4.78 is 0. The molecule has 220 valence electrons. The summed E-state index contributed by atoms with van der Waals surface area (Å²) in [4.78, 5) is 43.8. The normalized spacial score (nSPS) is 23.2. The van der Waals surface area contributed by atoms with E-state index in [9.17, 15) is 14.4 Å². The van der Waals surface area contributed by atoms with Crippen molar-refractivity contribution in [3.8, 4) is 0 Å². The lowest BCUT2D eigenvalue weighted by Crippen LogP contribution is -2.52. The Bertz CT molecular complexity index is 1010. The first-order valence-corrected chi connectivity index (χ1v) is 16.0. The molecule has 0 aromatic heterocycles. The molecular weight excluding hydrogens is 502 g/mol. The summed E-state index contributed by atoms with van der Waals surface area (Å²) in [6.45, 7) is 8.46. The third kappa shape index (κ3) is 7.64. The van der Waals surface area contributed by atoms with Gasteiger partial charge in [-0.2, -0.15) is 0 Å². The van der Waals surface area contributed by atoms with Crippen LogP contribution in [0.2, 0.25) is 0 Å². The summed E-state index contributed by atoms with van der Waals surface area (Å²) in [6, 6.07) is 5.20. The molecule has 1 atom stereocenters. The number of hydrogen-bond acceptors (Lipinski definition) is 6. The molecule has 3 amide bonds. The van der Waals surface area contributed by atoms with Gasteiger partial charge in [-0.3, -0.25) is 19.7 Å². The van der Waals surface area contributed by atoms with Crippen LogP contribution in [0.4, 0.5) is 5.69 Å². The predicted molar refractivity (Wildman–Crippen MR) is 158 cm³/mol. The Morgan fingerprint density at radius 3 is 2.23 bits per heavy atom. The summed E-state index contributed by atoms with van der Waals surface area (Å²) in [7, 11) is 0. The molecular formula is C32H49N5O3.